The van der Waals surface area contributed by atoms with E-state index < -0.39 is 5.97 Å². The molecule has 1 saturated carbocycles. The number of aliphatic carboxylic acids is 1. The van der Waals surface area contributed by atoms with Gasteiger partial charge in [0.25, 0.3) is 0 Å². The number of carboxylic acids is 1. The van der Waals surface area contributed by atoms with Crippen LogP contribution in [-0.2, 0) is 11.3 Å². The van der Waals surface area contributed by atoms with E-state index in [1.54, 1.807) is 0 Å². The van der Waals surface area contributed by atoms with Gasteiger partial charge in [-0.15, -0.1) is 0 Å². The Labute approximate surface area is 92.3 Å². The first-order chi connectivity index (χ1) is 7.68. The molecule has 1 aromatic heterocycles. The van der Waals surface area contributed by atoms with Gasteiger partial charge in [-0.3, -0.25) is 9.36 Å². The number of aromatic amines is 1. The van der Waals surface area contributed by atoms with Crippen LogP contribution in [0.15, 0.2) is 11.1 Å². The average molecular weight is 225 g/mol. The third kappa shape index (κ3) is 2.15. The fourth-order valence-electron chi connectivity index (χ4n) is 2.40. The summed E-state index contributed by atoms with van der Waals surface area (Å²) in [5, 5.41) is 15.0. The van der Waals surface area contributed by atoms with Crippen LogP contribution in [0.25, 0.3) is 0 Å². The molecule has 6 nitrogen and oxygen atoms in total. The second-order valence-corrected chi connectivity index (χ2v) is 4.30. The average Bonchev–Trinajstić information content (AvgIpc) is 2.65. The van der Waals surface area contributed by atoms with Gasteiger partial charge in [-0.1, -0.05) is 12.8 Å². The number of nitrogens with one attached hydrogen (secondary N) is 1. The molecule has 2 N–H and O–H groups in total. The predicted molar refractivity (Wildman–Crippen MR) is 55.9 cm³/mol. The SMILES string of the molecule is O=C(O)C1CCCCC1Cn1cn[nH]c1=O. The van der Waals surface area contributed by atoms with Gasteiger partial charge in [0.2, 0.25) is 0 Å². The molecule has 1 heterocycles. The largest absolute Gasteiger partial charge is 0.481 e. The van der Waals surface area contributed by atoms with E-state index in [4.69, 9.17) is 5.11 Å². The Balaban J connectivity index is 2.10. The van der Waals surface area contributed by atoms with E-state index >= 15 is 0 Å². The number of carboxylic acid groups (broad SMARTS) is 1. The molecule has 2 rings (SSSR count). The van der Waals surface area contributed by atoms with Crippen LogP contribution in [-0.4, -0.2) is 25.8 Å². The third-order valence-corrected chi connectivity index (χ3v) is 3.28. The van der Waals surface area contributed by atoms with Crippen molar-refractivity contribution in [3.8, 4) is 0 Å². The Morgan fingerprint density at radius 3 is 2.94 bits per heavy atom. The highest BCUT2D eigenvalue weighted by atomic mass is 16.4. The number of hydrogen-bond donors (Lipinski definition) is 2. The summed E-state index contributed by atoms with van der Waals surface area (Å²) in [5.41, 5.74) is -0.269. The Morgan fingerprint density at radius 1 is 1.56 bits per heavy atom. The molecular weight excluding hydrogens is 210 g/mol. The molecule has 1 aromatic rings. The Kier molecular flexibility index (Phi) is 3.07. The van der Waals surface area contributed by atoms with E-state index in [-0.39, 0.29) is 17.5 Å². The van der Waals surface area contributed by atoms with Crippen LogP contribution >= 0.6 is 0 Å². The predicted octanol–water partition coefficient (Wildman–Crippen LogP) is 0.462. The van der Waals surface area contributed by atoms with Gasteiger partial charge in [0.15, 0.2) is 0 Å². The van der Waals surface area contributed by atoms with Gasteiger partial charge >= 0.3 is 11.7 Å². The summed E-state index contributed by atoms with van der Waals surface area (Å²) in [6, 6.07) is 0. The minimum absolute atomic E-state index is 0.0431. The molecule has 0 radical (unpaired) electrons. The van der Waals surface area contributed by atoms with E-state index in [0.29, 0.717) is 13.0 Å². The zero-order chi connectivity index (χ0) is 11.5. The van der Waals surface area contributed by atoms with Crippen LogP contribution in [0.5, 0.6) is 0 Å². The highest BCUT2D eigenvalue weighted by molar-refractivity contribution is 5.70. The van der Waals surface area contributed by atoms with Crippen molar-refractivity contribution in [2.75, 3.05) is 0 Å². The molecule has 0 amide bonds. The van der Waals surface area contributed by atoms with Crippen molar-refractivity contribution >= 4 is 5.97 Å². The molecule has 16 heavy (non-hydrogen) atoms. The maximum absolute atomic E-state index is 11.3. The molecule has 0 aromatic carbocycles. The van der Waals surface area contributed by atoms with E-state index in [9.17, 15) is 9.59 Å². The van der Waals surface area contributed by atoms with Gasteiger partial charge in [-0.2, -0.15) is 5.10 Å². The van der Waals surface area contributed by atoms with Crippen molar-refractivity contribution in [1.82, 2.24) is 14.8 Å². The van der Waals surface area contributed by atoms with Gasteiger partial charge in [-0.25, -0.2) is 9.89 Å². The number of aromatic nitrogens is 3. The lowest BCUT2D eigenvalue weighted by Crippen LogP contribution is -2.32. The molecule has 2 unspecified atom stereocenters. The van der Waals surface area contributed by atoms with Gasteiger partial charge in [-0.05, 0) is 18.8 Å². The summed E-state index contributed by atoms with van der Waals surface area (Å²) in [6.07, 6.45) is 5.02. The van der Waals surface area contributed by atoms with E-state index in [0.717, 1.165) is 19.3 Å². The van der Waals surface area contributed by atoms with Crippen molar-refractivity contribution < 1.29 is 9.90 Å². The molecule has 0 spiro atoms. The minimum atomic E-state index is -0.749. The van der Waals surface area contributed by atoms with E-state index in [2.05, 4.69) is 10.2 Å². The fraction of sp³-hybridized carbons (Fsp3) is 0.700. The first-order valence-electron chi connectivity index (χ1n) is 5.51. The fourth-order valence-corrected chi connectivity index (χ4v) is 2.40. The molecule has 1 aliphatic rings. The molecule has 0 bridgehead atoms. The molecule has 1 fully saturated rings. The van der Waals surface area contributed by atoms with Crippen LogP contribution in [0.3, 0.4) is 0 Å². The summed E-state index contributed by atoms with van der Waals surface area (Å²) < 4.78 is 1.45. The van der Waals surface area contributed by atoms with Crippen LogP contribution in [0.4, 0.5) is 0 Å². The summed E-state index contributed by atoms with van der Waals surface area (Å²) in [4.78, 5) is 22.3. The Hall–Kier alpha value is -1.59. The normalized spacial score (nSPS) is 25.5. The molecule has 6 heteroatoms. The van der Waals surface area contributed by atoms with Crippen LogP contribution in [0, 0.1) is 11.8 Å². The summed E-state index contributed by atoms with van der Waals surface area (Å²) >= 11 is 0. The lowest BCUT2D eigenvalue weighted by atomic mass is 9.79. The smallest absolute Gasteiger partial charge is 0.343 e. The monoisotopic (exact) mass is 225 g/mol. The standard InChI is InChI=1S/C10H15N3O3/c14-9(15)8-4-2-1-3-7(8)5-13-6-11-12-10(13)16/h6-8H,1-5H2,(H,12,16)(H,14,15). The van der Waals surface area contributed by atoms with Crippen molar-refractivity contribution in [2.45, 2.75) is 32.2 Å². The number of nitrogens with zero attached hydrogens (tertiary/aromatic N) is 2. The number of rotatable bonds is 3. The maximum Gasteiger partial charge on any atom is 0.343 e. The molecule has 2 atom stereocenters. The zero-order valence-corrected chi connectivity index (χ0v) is 8.93. The number of H-pyrrole nitrogens is 1. The van der Waals surface area contributed by atoms with Crippen molar-refractivity contribution in [3.63, 3.8) is 0 Å². The summed E-state index contributed by atoms with van der Waals surface area (Å²) in [7, 11) is 0. The zero-order valence-electron chi connectivity index (χ0n) is 8.93. The Bertz CT molecular complexity index is 423. The topological polar surface area (TPSA) is 88.0 Å². The van der Waals surface area contributed by atoms with Gasteiger partial charge < -0.3 is 5.11 Å². The number of hydrogen-bond acceptors (Lipinski definition) is 3. The molecule has 0 aliphatic heterocycles. The molecule has 88 valence electrons. The van der Waals surface area contributed by atoms with Gasteiger partial charge in [0.1, 0.15) is 6.33 Å². The first kappa shape index (κ1) is 10.9. The van der Waals surface area contributed by atoms with Gasteiger partial charge in [0, 0.05) is 6.54 Å². The van der Waals surface area contributed by atoms with Crippen LogP contribution in [0.2, 0.25) is 0 Å². The highest BCUT2D eigenvalue weighted by Crippen LogP contribution is 2.31. The second-order valence-electron chi connectivity index (χ2n) is 4.30. The summed E-state index contributed by atoms with van der Waals surface area (Å²) in [6.45, 7) is 0.451. The maximum atomic E-state index is 11.3. The first-order valence-corrected chi connectivity index (χ1v) is 5.51. The van der Waals surface area contributed by atoms with E-state index in [1.807, 2.05) is 0 Å². The second kappa shape index (κ2) is 4.51. The van der Waals surface area contributed by atoms with Gasteiger partial charge in [0.05, 0.1) is 5.92 Å². The lowest BCUT2D eigenvalue weighted by molar-refractivity contribution is -0.145. The Morgan fingerprint density at radius 2 is 2.31 bits per heavy atom. The summed E-state index contributed by atoms with van der Waals surface area (Å²) in [5.74, 6) is -1.03. The third-order valence-electron chi connectivity index (χ3n) is 3.28. The number of carbonyl (C=O) groups is 1. The van der Waals surface area contributed by atoms with Crippen molar-refractivity contribution in [3.05, 3.63) is 16.8 Å². The molecule has 0 saturated heterocycles. The minimum Gasteiger partial charge on any atom is -0.481 e. The quantitative estimate of drug-likeness (QED) is 0.782. The van der Waals surface area contributed by atoms with Crippen LogP contribution < -0.4 is 5.69 Å². The lowest BCUT2D eigenvalue weighted by Gasteiger charge is -2.28. The molecular formula is C10H15N3O3. The highest BCUT2D eigenvalue weighted by Gasteiger charge is 2.31. The van der Waals surface area contributed by atoms with Crippen molar-refractivity contribution in [2.24, 2.45) is 11.8 Å². The van der Waals surface area contributed by atoms with Crippen LogP contribution in [0.1, 0.15) is 25.7 Å². The van der Waals surface area contributed by atoms with E-state index in [1.165, 1.54) is 10.9 Å². The molecule has 1 aliphatic carbocycles. The van der Waals surface area contributed by atoms with Crippen molar-refractivity contribution in [1.29, 1.82) is 0 Å².